The zero-order valence-corrected chi connectivity index (χ0v) is 12.5. The number of ether oxygens (including phenoxy) is 1. The maximum Gasteiger partial charge on any atom is 0.224 e. The molecule has 4 nitrogen and oxygen atoms in total. The van der Waals surface area contributed by atoms with Crippen molar-refractivity contribution in [3.05, 3.63) is 23.8 Å². The number of amides is 1. The van der Waals surface area contributed by atoms with Gasteiger partial charge in [-0.25, -0.2) is 0 Å². The molecule has 1 amide bonds. The number of fused-ring (bicyclic) bond motifs is 1. The van der Waals surface area contributed by atoms with Crippen LogP contribution < -0.4 is 10.6 Å². The highest BCUT2D eigenvalue weighted by molar-refractivity contribution is 5.92. The molecule has 0 aromatic heterocycles. The highest BCUT2D eigenvalue weighted by atomic mass is 16.5. The van der Waals surface area contributed by atoms with Crippen LogP contribution in [0.2, 0.25) is 0 Å². The summed E-state index contributed by atoms with van der Waals surface area (Å²) in [4.78, 5) is 12.2. The fourth-order valence-electron chi connectivity index (χ4n) is 3.17. The van der Waals surface area contributed by atoms with Gasteiger partial charge < -0.3 is 15.4 Å². The Morgan fingerprint density at radius 3 is 3.14 bits per heavy atom. The number of nitrogens with one attached hydrogen (secondary N) is 2. The average Bonchev–Trinajstić information content (AvgIpc) is 2.54. The van der Waals surface area contributed by atoms with Gasteiger partial charge in [-0.05, 0) is 56.2 Å². The lowest BCUT2D eigenvalue weighted by Crippen LogP contribution is -2.22. The van der Waals surface area contributed by atoms with Crippen LogP contribution in [0.3, 0.4) is 0 Å². The molecule has 3 rings (SSSR count). The minimum Gasteiger partial charge on any atom is -0.385 e. The predicted octanol–water partition coefficient (Wildman–Crippen LogP) is 3.33. The molecule has 1 aromatic carbocycles. The minimum atomic E-state index is 0.100. The number of hydrogen-bond donors (Lipinski definition) is 2. The Balaban J connectivity index is 1.55. The van der Waals surface area contributed by atoms with Crippen molar-refractivity contribution in [3.63, 3.8) is 0 Å². The second kappa shape index (κ2) is 6.94. The second-order valence-electron chi connectivity index (χ2n) is 5.94. The summed E-state index contributed by atoms with van der Waals surface area (Å²) in [6.07, 6.45) is 7.28. The van der Waals surface area contributed by atoms with Gasteiger partial charge in [0.15, 0.2) is 0 Å². The van der Waals surface area contributed by atoms with Gasteiger partial charge in [0, 0.05) is 30.9 Å². The molecular formula is C17H24N2O2. The molecule has 1 atom stereocenters. The summed E-state index contributed by atoms with van der Waals surface area (Å²) in [5.74, 6) is 0.100. The van der Waals surface area contributed by atoms with Crippen molar-refractivity contribution in [1.82, 2.24) is 0 Å². The predicted molar refractivity (Wildman–Crippen MR) is 84.7 cm³/mol. The molecule has 2 aliphatic rings. The molecule has 1 aromatic rings. The molecule has 0 spiro atoms. The molecule has 2 N–H and O–H groups in total. The van der Waals surface area contributed by atoms with Crippen molar-refractivity contribution in [2.45, 2.75) is 51.0 Å². The first-order chi connectivity index (χ1) is 10.3. The first-order valence-corrected chi connectivity index (χ1v) is 8.10. The van der Waals surface area contributed by atoms with Crippen LogP contribution in [-0.4, -0.2) is 25.2 Å². The van der Waals surface area contributed by atoms with Crippen LogP contribution in [0.4, 0.5) is 11.4 Å². The smallest absolute Gasteiger partial charge is 0.224 e. The molecule has 0 bridgehead atoms. The van der Waals surface area contributed by atoms with Crippen LogP contribution in [0, 0.1) is 0 Å². The molecule has 1 unspecified atom stereocenters. The van der Waals surface area contributed by atoms with E-state index in [1.807, 2.05) is 12.1 Å². The summed E-state index contributed by atoms with van der Waals surface area (Å²) in [5.41, 5.74) is 3.37. The number of anilines is 2. The summed E-state index contributed by atoms with van der Waals surface area (Å²) in [6, 6.07) is 6.08. The van der Waals surface area contributed by atoms with E-state index in [-0.39, 0.29) is 12.0 Å². The Bertz CT molecular complexity index is 496. The van der Waals surface area contributed by atoms with Gasteiger partial charge in [0.05, 0.1) is 6.10 Å². The lowest BCUT2D eigenvalue weighted by Gasteiger charge is -2.23. The number of rotatable bonds is 4. The van der Waals surface area contributed by atoms with E-state index in [0.717, 1.165) is 56.6 Å². The number of carbonyl (C=O) groups is 1. The third-order valence-corrected chi connectivity index (χ3v) is 4.34. The Kier molecular flexibility index (Phi) is 4.76. The molecule has 114 valence electrons. The monoisotopic (exact) mass is 288 g/mol. The normalized spacial score (nSPS) is 21.2. The van der Waals surface area contributed by atoms with E-state index < -0.39 is 0 Å². The first-order valence-electron chi connectivity index (χ1n) is 8.10. The van der Waals surface area contributed by atoms with E-state index in [4.69, 9.17) is 4.74 Å². The fraction of sp³-hybridized carbons (Fsp3) is 0.588. The topological polar surface area (TPSA) is 50.4 Å². The van der Waals surface area contributed by atoms with Crippen LogP contribution in [0.25, 0.3) is 0 Å². The maximum absolute atomic E-state index is 12.2. The van der Waals surface area contributed by atoms with Crippen LogP contribution in [0.1, 0.15) is 44.1 Å². The SMILES string of the molecule is O=C(CCC1CCCCO1)Nc1cccc2c1CCCN2. The Morgan fingerprint density at radius 1 is 1.33 bits per heavy atom. The third kappa shape index (κ3) is 3.76. The van der Waals surface area contributed by atoms with E-state index in [0.29, 0.717) is 6.42 Å². The standard InChI is InChI=1S/C17H24N2O2/c20-17(10-9-13-5-1-2-12-21-13)19-16-8-3-7-15-14(16)6-4-11-18-15/h3,7-8,13,18H,1-2,4-6,9-12H2,(H,19,20). The molecule has 1 fully saturated rings. The lowest BCUT2D eigenvalue weighted by atomic mass is 10.0. The molecule has 0 radical (unpaired) electrons. The number of benzene rings is 1. The summed E-state index contributed by atoms with van der Waals surface area (Å²) in [6.45, 7) is 1.87. The highest BCUT2D eigenvalue weighted by Crippen LogP contribution is 2.29. The van der Waals surface area contributed by atoms with Gasteiger partial charge in [-0.1, -0.05) is 6.07 Å². The van der Waals surface area contributed by atoms with Crippen molar-refractivity contribution in [2.24, 2.45) is 0 Å². The summed E-state index contributed by atoms with van der Waals surface area (Å²) in [7, 11) is 0. The lowest BCUT2D eigenvalue weighted by molar-refractivity contribution is -0.117. The average molecular weight is 288 g/mol. The van der Waals surface area contributed by atoms with E-state index in [1.165, 1.54) is 12.0 Å². The molecule has 0 saturated carbocycles. The Morgan fingerprint density at radius 2 is 2.29 bits per heavy atom. The van der Waals surface area contributed by atoms with Crippen molar-refractivity contribution >= 4 is 17.3 Å². The van der Waals surface area contributed by atoms with Gasteiger partial charge >= 0.3 is 0 Å². The maximum atomic E-state index is 12.2. The zero-order chi connectivity index (χ0) is 14.5. The molecule has 2 heterocycles. The molecule has 4 heteroatoms. The van der Waals surface area contributed by atoms with Gasteiger partial charge in [-0.3, -0.25) is 4.79 Å². The van der Waals surface area contributed by atoms with E-state index in [9.17, 15) is 4.79 Å². The van der Waals surface area contributed by atoms with Gasteiger partial charge in [-0.2, -0.15) is 0 Å². The molecule has 21 heavy (non-hydrogen) atoms. The van der Waals surface area contributed by atoms with E-state index >= 15 is 0 Å². The summed E-state index contributed by atoms with van der Waals surface area (Å²) in [5, 5.41) is 6.46. The Labute approximate surface area is 126 Å². The van der Waals surface area contributed by atoms with Crippen LogP contribution in [0.15, 0.2) is 18.2 Å². The number of carbonyl (C=O) groups excluding carboxylic acids is 1. The van der Waals surface area contributed by atoms with Gasteiger partial charge in [0.2, 0.25) is 5.91 Å². The van der Waals surface area contributed by atoms with E-state index in [1.54, 1.807) is 0 Å². The van der Waals surface area contributed by atoms with Crippen LogP contribution >= 0.6 is 0 Å². The van der Waals surface area contributed by atoms with Gasteiger partial charge in [-0.15, -0.1) is 0 Å². The first kappa shape index (κ1) is 14.4. The highest BCUT2D eigenvalue weighted by Gasteiger charge is 2.17. The molecule has 0 aliphatic carbocycles. The zero-order valence-electron chi connectivity index (χ0n) is 12.5. The van der Waals surface area contributed by atoms with Gasteiger partial charge in [0.1, 0.15) is 0 Å². The molecular weight excluding hydrogens is 264 g/mol. The van der Waals surface area contributed by atoms with Crippen LogP contribution in [-0.2, 0) is 16.0 Å². The van der Waals surface area contributed by atoms with Gasteiger partial charge in [0.25, 0.3) is 0 Å². The minimum absolute atomic E-state index is 0.100. The van der Waals surface area contributed by atoms with Crippen molar-refractivity contribution in [2.75, 3.05) is 23.8 Å². The largest absolute Gasteiger partial charge is 0.385 e. The number of hydrogen-bond acceptors (Lipinski definition) is 3. The molecule has 1 saturated heterocycles. The van der Waals surface area contributed by atoms with Crippen molar-refractivity contribution in [1.29, 1.82) is 0 Å². The van der Waals surface area contributed by atoms with Crippen molar-refractivity contribution in [3.8, 4) is 0 Å². The second-order valence-corrected chi connectivity index (χ2v) is 5.94. The van der Waals surface area contributed by atoms with Crippen LogP contribution in [0.5, 0.6) is 0 Å². The molecule has 2 aliphatic heterocycles. The van der Waals surface area contributed by atoms with Crippen molar-refractivity contribution < 1.29 is 9.53 Å². The Hall–Kier alpha value is -1.55. The fourth-order valence-corrected chi connectivity index (χ4v) is 3.17. The summed E-state index contributed by atoms with van der Waals surface area (Å²) >= 11 is 0. The third-order valence-electron chi connectivity index (χ3n) is 4.34. The quantitative estimate of drug-likeness (QED) is 0.893. The van der Waals surface area contributed by atoms with E-state index in [2.05, 4.69) is 16.7 Å². The summed E-state index contributed by atoms with van der Waals surface area (Å²) < 4.78 is 5.68.